The summed E-state index contributed by atoms with van der Waals surface area (Å²) >= 11 is 1.84. The SMILES string of the molecule is CCCC1CN=C(NCc2nncn2C)S1. The molecule has 1 atom stereocenters. The summed E-state index contributed by atoms with van der Waals surface area (Å²) in [6.45, 7) is 3.85. The molecule has 16 heavy (non-hydrogen) atoms. The van der Waals surface area contributed by atoms with Crippen molar-refractivity contribution in [3.05, 3.63) is 12.2 Å². The van der Waals surface area contributed by atoms with Gasteiger partial charge in [-0.05, 0) is 6.42 Å². The maximum atomic E-state index is 4.48. The van der Waals surface area contributed by atoms with Gasteiger partial charge in [-0.1, -0.05) is 25.1 Å². The number of hydrogen-bond acceptors (Lipinski definition) is 5. The maximum Gasteiger partial charge on any atom is 0.157 e. The van der Waals surface area contributed by atoms with Gasteiger partial charge in [-0.25, -0.2) is 0 Å². The van der Waals surface area contributed by atoms with Crippen LogP contribution in [0.15, 0.2) is 11.3 Å². The van der Waals surface area contributed by atoms with Gasteiger partial charge in [-0.2, -0.15) is 0 Å². The van der Waals surface area contributed by atoms with Crippen LogP contribution >= 0.6 is 11.8 Å². The fourth-order valence-electron chi connectivity index (χ4n) is 1.61. The smallest absolute Gasteiger partial charge is 0.157 e. The van der Waals surface area contributed by atoms with E-state index in [1.807, 2.05) is 23.4 Å². The van der Waals surface area contributed by atoms with Crippen molar-refractivity contribution in [3.63, 3.8) is 0 Å². The van der Waals surface area contributed by atoms with Gasteiger partial charge in [0.25, 0.3) is 0 Å². The monoisotopic (exact) mass is 239 g/mol. The molecule has 0 fully saturated rings. The molecule has 0 saturated heterocycles. The molecule has 1 aromatic heterocycles. The first kappa shape index (κ1) is 11.4. The molecule has 0 radical (unpaired) electrons. The number of aryl methyl sites for hydroxylation is 1. The van der Waals surface area contributed by atoms with E-state index >= 15 is 0 Å². The van der Waals surface area contributed by atoms with Gasteiger partial charge in [0.05, 0.1) is 13.1 Å². The summed E-state index contributed by atoms with van der Waals surface area (Å²) in [5.41, 5.74) is 0. The molecule has 0 amide bonds. The summed E-state index contributed by atoms with van der Waals surface area (Å²) in [7, 11) is 1.94. The van der Waals surface area contributed by atoms with Crippen molar-refractivity contribution in [1.82, 2.24) is 20.1 Å². The number of amidine groups is 1. The van der Waals surface area contributed by atoms with Crippen LogP contribution in [0.2, 0.25) is 0 Å². The summed E-state index contributed by atoms with van der Waals surface area (Å²) in [6, 6.07) is 0. The topological polar surface area (TPSA) is 55.1 Å². The Kier molecular flexibility index (Phi) is 3.82. The standard InChI is InChI=1S/C10H17N5S/c1-3-4-8-5-11-10(16-8)12-6-9-14-13-7-15(9)2/h7-8H,3-6H2,1-2H3,(H,11,12). The van der Waals surface area contributed by atoms with Gasteiger partial charge in [0, 0.05) is 12.3 Å². The Bertz CT molecular complexity index is 373. The zero-order chi connectivity index (χ0) is 11.4. The number of rotatable bonds is 4. The minimum absolute atomic E-state index is 0.659. The van der Waals surface area contributed by atoms with Crippen LogP contribution in [0.1, 0.15) is 25.6 Å². The summed E-state index contributed by atoms with van der Waals surface area (Å²) in [6.07, 6.45) is 4.17. The van der Waals surface area contributed by atoms with Crippen molar-refractivity contribution < 1.29 is 0 Å². The van der Waals surface area contributed by atoms with Crippen LogP contribution in [0.25, 0.3) is 0 Å². The van der Waals surface area contributed by atoms with E-state index in [1.54, 1.807) is 6.33 Å². The second kappa shape index (κ2) is 5.34. The zero-order valence-electron chi connectivity index (χ0n) is 9.68. The van der Waals surface area contributed by atoms with Crippen LogP contribution in [0.3, 0.4) is 0 Å². The lowest BCUT2D eigenvalue weighted by Crippen LogP contribution is -2.21. The molecule has 1 unspecified atom stereocenters. The van der Waals surface area contributed by atoms with Crippen LogP contribution in [-0.2, 0) is 13.6 Å². The third kappa shape index (κ3) is 2.75. The van der Waals surface area contributed by atoms with Crippen LogP contribution in [-0.4, -0.2) is 31.7 Å². The molecule has 2 rings (SSSR count). The predicted octanol–water partition coefficient (Wildman–Crippen LogP) is 1.18. The molecular weight excluding hydrogens is 222 g/mol. The highest BCUT2D eigenvalue weighted by Gasteiger charge is 2.18. The summed E-state index contributed by atoms with van der Waals surface area (Å²) in [5, 5.41) is 12.9. The molecule has 2 heterocycles. The first-order chi connectivity index (χ1) is 7.79. The van der Waals surface area contributed by atoms with Gasteiger partial charge in [0.15, 0.2) is 11.0 Å². The number of nitrogens with zero attached hydrogens (tertiary/aromatic N) is 4. The van der Waals surface area contributed by atoms with Crippen LogP contribution in [0.5, 0.6) is 0 Å². The summed E-state index contributed by atoms with van der Waals surface area (Å²) < 4.78 is 1.91. The predicted molar refractivity (Wildman–Crippen MR) is 66.4 cm³/mol. The van der Waals surface area contributed by atoms with Crippen molar-refractivity contribution in [2.45, 2.75) is 31.6 Å². The largest absolute Gasteiger partial charge is 0.358 e. The lowest BCUT2D eigenvalue weighted by atomic mass is 10.2. The zero-order valence-corrected chi connectivity index (χ0v) is 10.5. The molecule has 5 nitrogen and oxygen atoms in total. The number of aliphatic imine (C=N–C) groups is 1. The quantitative estimate of drug-likeness (QED) is 0.857. The Morgan fingerprint density at radius 3 is 3.19 bits per heavy atom. The molecule has 1 N–H and O–H groups in total. The summed E-state index contributed by atoms with van der Waals surface area (Å²) in [4.78, 5) is 4.48. The van der Waals surface area contributed by atoms with Gasteiger partial charge in [-0.15, -0.1) is 10.2 Å². The molecular formula is C10H17N5S. The van der Waals surface area contributed by atoms with E-state index in [-0.39, 0.29) is 0 Å². The molecule has 0 saturated carbocycles. The summed E-state index contributed by atoms with van der Waals surface area (Å²) in [5.74, 6) is 0.933. The van der Waals surface area contributed by atoms with E-state index in [4.69, 9.17) is 0 Å². The third-order valence-corrected chi connectivity index (χ3v) is 3.75. The van der Waals surface area contributed by atoms with E-state index in [9.17, 15) is 0 Å². The first-order valence-corrected chi connectivity index (χ1v) is 6.45. The molecule has 1 aliphatic heterocycles. The maximum absolute atomic E-state index is 4.48. The average Bonchev–Trinajstić information content (AvgIpc) is 2.86. The van der Waals surface area contributed by atoms with Gasteiger partial charge in [0.1, 0.15) is 6.33 Å². The van der Waals surface area contributed by atoms with Gasteiger partial charge in [-0.3, -0.25) is 4.99 Å². The van der Waals surface area contributed by atoms with Crippen molar-refractivity contribution in [2.24, 2.45) is 12.0 Å². The molecule has 1 aromatic rings. The van der Waals surface area contributed by atoms with Crippen LogP contribution in [0.4, 0.5) is 0 Å². The number of nitrogens with one attached hydrogen (secondary N) is 1. The highest BCUT2D eigenvalue weighted by molar-refractivity contribution is 8.14. The Hall–Kier alpha value is -1.04. The lowest BCUT2D eigenvalue weighted by Gasteiger charge is -2.07. The molecule has 6 heteroatoms. The molecule has 0 bridgehead atoms. The number of thioether (sulfide) groups is 1. The van der Waals surface area contributed by atoms with E-state index < -0.39 is 0 Å². The molecule has 0 aromatic carbocycles. The van der Waals surface area contributed by atoms with Crippen molar-refractivity contribution in [2.75, 3.05) is 6.54 Å². The van der Waals surface area contributed by atoms with E-state index in [2.05, 4.69) is 27.4 Å². The Balaban J connectivity index is 1.78. The fraction of sp³-hybridized carbons (Fsp3) is 0.700. The molecule has 1 aliphatic rings. The lowest BCUT2D eigenvalue weighted by molar-refractivity contribution is 0.745. The Morgan fingerprint density at radius 2 is 2.50 bits per heavy atom. The third-order valence-electron chi connectivity index (χ3n) is 2.53. The number of hydrogen-bond donors (Lipinski definition) is 1. The number of aromatic nitrogens is 3. The van der Waals surface area contributed by atoms with E-state index in [0.717, 1.165) is 17.5 Å². The van der Waals surface area contributed by atoms with Crippen molar-refractivity contribution >= 4 is 16.9 Å². The van der Waals surface area contributed by atoms with Crippen LogP contribution in [0, 0.1) is 0 Å². The van der Waals surface area contributed by atoms with Gasteiger partial charge in [0.2, 0.25) is 0 Å². The van der Waals surface area contributed by atoms with Crippen molar-refractivity contribution in [3.8, 4) is 0 Å². The molecule has 0 aliphatic carbocycles. The minimum atomic E-state index is 0.659. The van der Waals surface area contributed by atoms with Crippen LogP contribution < -0.4 is 5.32 Å². The van der Waals surface area contributed by atoms with E-state index in [0.29, 0.717) is 11.8 Å². The second-order valence-electron chi connectivity index (χ2n) is 3.89. The fourth-order valence-corrected chi connectivity index (χ4v) is 2.73. The highest BCUT2D eigenvalue weighted by Crippen LogP contribution is 2.23. The second-order valence-corrected chi connectivity index (χ2v) is 5.18. The van der Waals surface area contributed by atoms with Gasteiger partial charge >= 0.3 is 0 Å². The Morgan fingerprint density at radius 1 is 1.62 bits per heavy atom. The van der Waals surface area contributed by atoms with Gasteiger partial charge < -0.3 is 9.88 Å². The first-order valence-electron chi connectivity index (χ1n) is 5.57. The van der Waals surface area contributed by atoms with E-state index in [1.165, 1.54) is 12.8 Å². The van der Waals surface area contributed by atoms with Crippen molar-refractivity contribution in [1.29, 1.82) is 0 Å². The Labute approximate surface area is 99.7 Å². The molecule has 88 valence electrons. The normalized spacial score (nSPS) is 19.9. The minimum Gasteiger partial charge on any atom is -0.358 e. The average molecular weight is 239 g/mol. The molecule has 0 spiro atoms. The highest BCUT2D eigenvalue weighted by atomic mass is 32.2.